The van der Waals surface area contributed by atoms with E-state index >= 15 is 0 Å². The summed E-state index contributed by atoms with van der Waals surface area (Å²) in [6.07, 6.45) is 0.468. The molecule has 20 heavy (non-hydrogen) atoms. The third kappa shape index (κ3) is 4.58. The second kappa shape index (κ2) is 7.97. The van der Waals surface area contributed by atoms with Gasteiger partial charge in [-0.15, -0.1) is 12.4 Å². The molecule has 1 heterocycles. The van der Waals surface area contributed by atoms with Gasteiger partial charge in [-0.25, -0.2) is 0 Å². The van der Waals surface area contributed by atoms with Crippen molar-refractivity contribution in [3.63, 3.8) is 0 Å². The van der Waals surface area contributed by atoms with Crippen LogP contribution in [0, 0.1) is 0 Å². The van der Waals surface area contributed by atoms with Gasteiger partial charge in [-0.2, -0.15) is 0 Å². The van der Waals surface area contributed by atoms with Crippen molar-refractivity contribution in [3.05, 3.63) is 24.3 Å². The van der Waals surface area contributed by atoms with Crippen LogP contribution in [-0.4, -0.2) is 38.3 Å². The summed E-state index contributed by atoms with van der Waals surface area (Å²) < 4.78 is 10.7. The number of carbonyl (C=O) groups is 1. The van der Waals surface area contributed by atoms with Crippen molar-refractivity contribution in [2.45, 2.75) is 25.5 Å². The molecule has 1 saturated heterocycles. The van der Waals surface area contributed by atoms with Crippen LogP contribution in [0.2, 0.25) is 0 Å². The maximum Gasteiger partial charge on any atom is 0.261 e. The van der Waals surface area contributed by atoms with Gasteiger partial charge in [0.25, 0.3) is 5.91 Å². The minimum Gasteiger partial charge on any atom is -0.497 e. The lowest BCUT2D eigenvalue weighted by Crippen LogP contribution is -2.43. The Labute approximate surface area is 125 Å². The Kier molecular flexibility index (Phi) is 6.61. The number of hydrogen-bond acceptors (Lipinski definition) is 4. The molecule has 1 aromatic carbocycles. The lowest BCUT2D eigenvalue weighted by Gasteiger charge is -2.17. The van der Waals surface area contributed by atoms with E-state index in [-0.39, 0.29) is 24.4 Å². The highest BCUT2D eigenvalue weighted by atomic mass is 35.5. The summed E-state index contributed by atoms with van der Waals surface area (Å²) in [6, 6.07) is 7.41. The average molecular weight is 301 g/mol. The van der Waals surface area contributed by atoms with Gasteiger partial charge in [0.1, 0.15) is 11.5 Å². The van der Waals surface area contributed by atoms with E-state index in [0.717, 1.165) is 25.3 Å². The van der Waals surface area contributed by atoms with E-state index in [9.17, 15) is 4.79 Å². The second-order valence-electron chi connectivity index (χ2n) is 4.63. The van der Waals surface area contributed by atoms with Gasteiger partial charge in [0.2, 0.25) is 0 Å². The van der Waals surface area contributed by atoms with Crippen LogP contribution in [0.15, 0.2) is 24.3 Å². The van der Waals surface area contributed by atoms with Crippen LogP contribution in [0.4, 0.5) is 0 Å². The lowest BCUT2D eigenvalue weighted by molar-refractivity contribution is -0.127. The first-order chi connectivity index (χ1) is 9.19. The number of ether oxygens (including phenoxy) is 2. The largest absolute Gasteiger partial charge is 0.497 e. The highest BCUT2D eigenvalue weighted by Crippen LogP contribution is 2.18. The third-order valence-corrected chi connectivity index (χ3v) is 3.15. The van der Waals surface area contributed by atoms with Gasteiger partial charge in [-0.3, -0.25) is 4.79 Å². The zero-order valence-electron chi connectivity index (χ0n) is 11.7. The van der Waals surface area contributed by atoms with Crippen LogP contribution >= 0.6 is 12.4 Å². The van der Waals surface area contributed by atoms with Gasteiger partial charge in [-0.05, 0) is 44.2 Å². The summed E-state index contributed by atoms with van der Waals surface area (Å²) in [7, 11) is 1.61. The first kappa shape index (κ1) is 16.6. The summed E-state index contributed by atoms with van der Waals surface area (Å²) in [5.41, 5.74) is 0. The highest BCUT2D eigenvalue weighted by molar-refractivity contribution is 5.85. The van der Waals surface area contributed by atoms with Crippen LogP contribution in [0.25, 0.3) is 0 Å². The first-order valence-corrected chi connectivity index (χ1v) is 6.51. The smallest absolute Gasteiger partial charge is 0.261 e. The van der Waals surface area contributed by atoms with Gasteiger partial charge in [0.15, 0.2) is 6.10 Å². The number of amides is 1. The molecule has 1 aliphatic rings. The first-order valence-electron chi connectivity index (χ1n) is 6.51. The quantitative estimate of drug-likeness (QED) is 0.862. The van der Waals surface area contributed by atoms with E-state index in [4.69, 9.17) is 9.47 Å². The fourth-order valence-corrected chi connectivity index (χ4v) is 2.01. The molecule has 2 rings (SSSR count). The molecule has 0 radical (unpaired) electrons. The Morgan fingerprint density at radius 1 is 1.35 bits per heavy atom. The van der Waals surface area contributed by atoms with Gasteiger partial charge in [0, 0.05) is 12.6 Å². The van der Waals surface area contributed by atoms with Gasteiger partial charge < -0.3 is 20.1 Å². The molecule has 1 amide bonds. The maximum absolute atomic E-state index is 11.9. The summed E-state index contributed by atoms with van der Waals surface area (Å²) in [5.74, 6) is 1.35. The van der Waals surface area contributed by atoms with Crippen molar-refractivity contribution in [2.24, 2.45) is 0 Å². The molecule has 0 bridgehead atoms. The Morgan fingerprint density at radius 2 is 2.00 bits per heavy atom. The molecule has 6 heteroatoms. The van der Waals surface area contributed by atoms with Gasteiger partial charge in [0.05, 0.1) is 7.11 Å². The van der Waals surface area contributed by atoms with Crippen molar-refractivity contribution < 1.29 is 14.3 Å². The number of benzene rings is 1. The van der Waals surface area contributed by atoms with Crippen LogP contribution < -0.4 is 20.1 Å². The van der Waals surface area contributed by atoms with Gasteiger partial charge >= 0.3 is 0 Å². The van der Waals surface area contributed by atoms with E-state index in [1.54, 1.807) is 38.3 Å². The summed E-state index contributed by atoms with van der Waals surface area (Å²) >= 11 is 0. The normalized spacial score (nSPS) is 18.8. The van der Waals surface area contributed by atoms with Crippen molar-refractivity contribution >= 4 is 18.3 Å². The molecule has 2 unspecified atom stereocenters. The predicted molar refractivity (Wildman–Crippen MR) is 79.7 cm³/mol. The molecule has 0 spiro atoms. The van der Waals surface area contributed by atoms with E-state index in [1.807, 2.05) is 0 Å². The number of methoxy groups -OCH3 is 1. The second-order valence-corrected chi connectivity index (χ2v) is 4.63. The maximum atomic E-state index is 11.9. The van der Waals surface area contributed by atoms with Crippen molar-refractivity contribution in [1.29, 1.82) is 0 Å². The molecular weight excluding hydrogens is 280 g/mol. The van der Waals surface area contributed by atoms with Crippen molar-refractivity contribution in [2.75, 3.05) is 20.2 Å². The fourth-order valence-electron chi connectivity index (χ4n) is 2.01. The molecule has 0 saturated carbocycles. The minimum absolute atomic E-state index is 0. The van der Waals surface area contributed by atoms with Crippen molar-refractivity contribution in [1.82, 2.24) is 10.6 Å². The summed E-state index contributed by atoms with van der Waals surface area (Å²) in [6.45, 7) is 3.54. The molecule has 1 aliphatic heterocycles. The standard InChI is InChI=1S/C14H20N2O3.ClH/c1-10(14(17)16-11-7-8-15-9-11)19-13-5-3-12(18-2)4-6-13;/h3-6,10-11,15H,7-9H2,1-2H3,(H,16,17);1H. The predicted octanol–water partition coefficient (Wildman–Crippen LogP) is 1.36. The van der Waals surface area contributed by atoms with Crippen molar-refractivity contribution in [3.8, 4) is 11.5 Å². The Balaban J connectivity index is 0.00000200. The zero-order chi connectivity index (χ0) is 13.7. The van der Waals surface area contributed by atoms with E-state index in [1.165, 1.54) is 0 Å². The molecule has 0 aliphatic carbocycles. The monoisotopic (exact) mass is 300 g/mol. The number of carbonyl (C=O) groups excluding carboxylic acids is 1. The molecule has 112 valence electrons. The number of nitrogens with one attached hydrogen (secondary N) is 2. The Bertz CT molecular complexity index is 419. The minimum atomic E-state index is -0.506. The average Bonchev–Trinajstić information content (AvgIpc) is 2.92. The topological polar surface area (TPSA) is 59.6 Å². The summed E-state index contributed by atoms with van der Waals surface area (Å²) in [5, 5.41) is 6.18. The number of halogens is 1. The molecule has 5 nitrogen and oxygen atoms in total. The molecule has 1 fully saturated rings. The van der Waals surface area contributed by atoms with E-state index in [0.29, 0.717) is 5.75 Å². The fraction of sp³-hybridized carbons (Fsp3) is 0.500. The number of rotatable bonds is 5. The van der Waals surface area contributed by atoms with E-state index in [2.05, 4.69) is 10.6 Å². The number of hydrogen-bond donors (Lipinski definition) is 2. The van der Waals surface area contributed by atoms with Crippen LogP contribution in [0.1, 0.15) is 13.3 Å². The molecular formula is C14H21ClN2O3. The van der Waals surface area contributed by atoms with Crippen LogP contribution in [0.5, 0.6) is 11.5 Å². The Hall–Kier alpha value is -1.46. The molecule has 2 N–H and O–H groups in total. The van der Waals surface area contributed by atoms with Crippen LogP contribution in [0.3, 0.4) is 0 Å². The highest BCUT2D eigenvalue weighted by Gasteiger charge is 2.21. The molecule has 1 aromatic rings. The lowest BCUT2D eigenvalue weighted by atomic mass is 10.2. The van der Waals surface area contributed by atoms with Gasteiger partial charge in [-0.1, -0.05) is 0 Å². The third-order valence-electron chi connectivity index (χ3n) is 3.15. The zero-order valence-corrected chi connectivity index (χ0v) is 12.5. The molecule has 2 atom stereocenters. The summed E-state index contributed by atoms with van der Waals surface area (Å²) in [4.78, 5) is 11.9. The van der Waals surface area contributed by atoms with Crippen LogP contribution in [-0.2, 0) is 4.79 Å². The SMILES string of the molecule is COc1ccc(OC(C)C(=O)NC2CCNC2)cc1.Cl. The van der Waals surface area contributed by atoms with E-state index < -0.39 is 6.10 Å². The molecule has 0 aromatic heterocycles. The Morgan fingerprint density at radius 3 is 2.55 bits per heavy atom.